The minimum absolute atomic E-state index is 0.109. The predicted octanol–water partition coefficient (Wildman–Crippen LogP) is 6.32. The Hall–Kier alpha value is -5.17. The highest BCUT2D eigenvalue weighted by molar-refractivity contribution is 6.18. The minimum atomic E-state index is -0.687. The molecule has 5 aromatic rings. The highest BCUT2D eigenvalue weighted by Crippen LogP contribution is 2.34. The van der Waals surface area contributed by atoms with Gasteiger partial charge in [0.25, 0.3) is 0 Å². The van der Waals surface area contributed by atoms with E-state index < -0.39 is 11.9 Å². The topological polar surface area (TPSA) is 83.8 Å². The van der Waals surface area contributed by atoms with Crippen LogP contribution in [0.5, 0.6) is 17.2 Å². The molecule has 39 heavy (non-hydrogen) atoms. The maximum Gasteiger partial charge on any atom is 0.347 e. The van der Waals surface area contributed by atoms with E-state index in [1.807, 2.05) is 60.0 Å². The fourth-order valence-electron chi connectivity index (χ4n) is 4.59. The van der Waals surface area contributed by atoms with Gasteiger partial charge in [0.15, 0.2) is 5.78 Å². The van der Waals surface area contributed by atoms with Gasteiger partial charge >= 0.3 is 11.9 Å². The molecule has 1 aromatic heterocycles. The van der Waals surface area contributed by atoms with E-state index in [2.05, 4.69) is 0 Å². The van der Waals surface area contributed by atoms with Crippen molar-refractivity contribution in [2.75, 3.05) is 7.11 Å². The van der Waals surface area contributed by atoms with Crippen molar-refractivity contribution in [2.24, 2.45) is 0 Å². The summed E-state index contributed by atoms with van der Waals surface area (Å²) in [6.45, 7) is 3.15. The average molecular weight is 520 g/mol. The van der Waals surface area contributed by atoms with Crippen LogP contribution in [0.25, 0.3) is 16.6 Å². The van der Waals surface area contributed by atoms with E-state index >= 15 is 0 Å². The molecule has 1 heterocycles. The van der Waals surface area contributed by atoms with Gasteiger partial charge in [0.2, 0.25) is 0 Å². The third-order valence-electron chi connectivity index (χ3n) is 6.34. The van der Waals surface area contributed by atoms with Crippen LogP contribution in [0.15, 0.2) is 97.1 Å². The summed E-state index contributed by atoms with van der Waals surface area (Å²) < 4.78 is 18.1. The van der Waals surface area contributed by atoms with Crippen LogP contribution in [0.3, 0.4) is 0 Å². The number of ether oxygens (including phenoxy) is 3. The molecule has 5 rings (SSSR count). The summed E-state index contributed by atoms with van der Waals surface area (Å²) in [7, 11) is 1.61. The van der Waals surface area contributed by atoms with Crippen molar-refractivity contribution >= 4 is 28.6 Å². The van der Waals surface area contributed by atoms with Crippen molar-refractivity contribution in [2.45, 2.75) is 13.8 Å². The van der Waals surface area contributed by atoms with E-state index in [0.29, 0.717) is 16.5 Å². The second kappa shape index (κ2) is 10.7. The van der Waals surface area contributed by atoms with Crippen LogP contribution in [0.4, 0.5) is 0 Å². The number of ketones is 1. The molecule has 0 saturated carbocycles. The van der Waals surface area contributed by atoms with Crippen LogP contribution in [0, 0.1) is 6.92 Å². The second-order valence-corrected chi connectivity index (χ2v) is 8.85. The monoisotopic (exact) mass is 519 g/mol. The number of methoxy groups -OCH3 is 1. The number of hydrogen-bond donors (Lipinski definition) is 0. The average Bonchev–Trinajstić information content (AvgIpc) is 3.24. The number of hydrogen-bond acceptors (Lipinski definition) is 6. The first-order chi connectivity index (χ1) is 18.9. The molecular weight excluding hydrogens is 494 g/mol. The molecule has 0 aliphatic rings. The first-order valence-electron chi connectivity index (χ1n) is 12.3. The molecular formula is C32H25NO6. The van der Waals surface area contributed by atoms with Crippen molar-refractivity contribution in [3.8, 4) is 22.9 Å². The molecule has 7 heteroatoms. The molecule has 0 atom stereocenters. The fourth-order valence-corrected chi connectivity index (χ4v) is 4.59. The van der Waals surface area contributed by atoms with E-state index in [1.165, 1.54) is 19.1 Å². The van der Waals surface area contributed by atoms with E-state index in [4.69, 9.17) is 14.2 Å². The van der Waals surface area contributed by atoms with Gasteiger partial charge in [-0.15, -0.1) is 0 Å². The quantitative estimate of drug-likeness (QED) is 0.142. The standard InChI is InChI=1S/C32H25NO6/c1-20-30(31(35)22-9-5-4-6-10-22)27-19-25(39-32(36)26-11-7-8-12-29(26)38-21(2)34)17-18-28(27)33(20)23-13-15-24(37-3)16-14-23/h4-19H,1-3H3. The number of carbonyl (C=O) groups excluding carboxylic acids is 3. The van der Waals surface area contributed by atoms with Crippen molar-refractivity contribution in [3.05, 3.63) is 119 Å². The molecule has 0 saturated heterocycles. The van der Waals surface area contributed by atoms with Crippen LogP contribution in [0.2, 0.25) is 0 Å². The lowest BCUT2D eigenvalue weighted by molar-refractivity contribution is -0.131. The van der Waals surface area contributed by atoms with Crippen LogP contribution in [0.1, 0.15) is 38.9 Å². The second-order valence-electron chi connectivity index (χ2n) is 8.85. The highest BCUT2D eigenvalue weighted by atomic mass is 16.5. The van der Waals surface area contributed by atoms with Gasteiger partial charge in [-0.25, -0.2) is 4.79 Å². The maximum atomic E-state index is 13.7. The minimum Gasteiger partial charge on any atom is -0.497 e. The zero-order valence-electron chi connectivity index (χ0n) is 21.6. The molecule has 194 valence electrons. The molecule has 0 radical (unpaired) electrons. The molecule has 0 amide bonds. The molecule has 0 spiro atoms. The fraction of sp³-hybridized carbons (Fsp3) is 0.0938. The largest absolute Gasteiger partial charge is 0.497 e. The number of fused-ring (bicyclic) bond motifs is 1. The van der Waals surface area contributed by atoms with Gasteiger partial charge in [0, 0.05) is 29.3 Å². The van der Waals surface area contributed by atoms with Crippen molar-refractivity contribution in [1.82, 2.24) is 4.57 Å². The zero-order chi connectivity index (χ0) is 27.5. The highest BCUT2D eigenvalue weighted by Gasteiger charge is 2.23. The Labute approximate surface area is 225 Å². The first-order valence-corrected chi connectivity index (χ1v) is 12.3. The summed E-state index contributed by atoms with van der Waals surface area (Å²) in [4.78, 5) is 38.3. The van der Waals surface area contributed by atoms with E-state index in [0.717, 1.165) is 22.6 Å². The van der Waals surface area contributed by atoms with Gasteiger partial charge in [-0.05, 0) is 61.5 Å². The van der Waals surface area contributed by atoms with E-state index in [9.17, 15) is 14.4 Å². The smallest absolute Gasteiger partial charge is 0.347 e. The molecule has 0 aliphatic carbocycles. The lowest BCUT2D eigenvalue weighted by atomic mass is 10.0. The number of para-hydroxylation sites is 1. The number of rotatable bonds is 7. The number of esters is 2. The summed E-state index contributed by atoms with van der Waals surface area (Å²) in [5, 5.41) is 0.635. The number of nitrogens with zero attached hydrogens (tertiary/aromatic N) is 1. The summed E-state index contributed by atoms with van der Waals surface area (Å²) in [6, 6.07) is 28.1. The number of carbonyl (C=O) groups is 3. The van der Waals surface area contributed by atoms with Crippen LogP contribution < -0.4 is 14.2 Å². The van der Waals surface area contributed by atoms with Crippen molar-refractivity contribution in [3.63, 3.8) is 0 Å². The molecule has 0 bridgehead atoms. The summed E-state index contributed by atoms with van der Waals surface area (Å²) in [5.41, 5.74) is 3.54. The Balaban J connectivity index is 1.62. The summed E-state index contributed by atoms with van der Waals surface area (Å²) in [6.07, 6.45) is 0. The zero-order valence-corrected chi connectivity index (χ0v) is 21.6. The van der Waals surface area contributed by atoms with E-state index in [1.54, 1.807) is 43.5 Å². The Morgan fingerprint density at radius 1 is 0.744 bits per heavy atom. The molecule has 7 nitrogen and oxygen atoms in total. The normalized spacial score (nSPS) is 10.7. The Kier molecular flexibility index (Phi) is 6.97. The Bertz CT molecular complexity index is 1700. The molecule has 0 fully saturated rings. The van der Waals surface area contributed by atoms with Gasteiger partial charge in [-0.1, -0.05) is 42.5 Å². The van der Waals surface area contributed by atoms with Gasteiger partial charge in [-0.3, -0.25) is 9.59 Å². The van der Waals surface area contributed by atoms with Gasteiger partial charge in [0.05, 0.1) is 18.2 Å². The third kappa shape index (κ3) is 5.02. The van der Waals surface area contributed by atoms with E-state index in [-0.39, 0.29) is 22.8 Å². The van der Waals surface area contributed by atoms with Crippen molar-refractivity contribution in [1.29, 1.82) is 0 Å². The first kappa shape index (κ1) is 25.5. The van der Waals surface area contributed by atoms with Gasteiger partial charge in [0.1, 0.15) is 22.8 Å². The number of aromatic nitrogens is 1. The number of benzene rings is 4. The predicted molar refractivity (Wildman–Crippen MR) is 147 cm³/mol. The Morgan fingerprint density at radius 2 is 1.41 bits per heavy atom. The van der Waals surface area contributed by atoms with Crippen molar-refractivity contribution < 1.29 is 28.6 Å². The third-order valence-corrected chi connectivity index (χ3v) is 6.34. The molecule has 4 aromatic carbocycles. The van der Waals surface area contributed by atoms with Crippen LogP contribution in [-0.2, 0) is 4.79 Å². The summed E-state index contributed by atoms with van der Waals surface area (Å²) >= 11 is 0. The molecule has 0 N–H and O–H groups in total. The van der Waals surface area contributed by atoms with Gasteiger partial charge in [-0.2, -0.15) is 0 Å². The maximum absolute atomic E-state index is 13.7. The lowest BCUT2D eigenvalue weighted by Crippen LogP contribution is -2.12. The Morgan fingerprint density at radius 3 is 2.10 bits per heavy atom. The van der Waals surface area contributed by atoms with Gasteiger partial charge < -0.3 is 18.8 Å². The lowest BCUT2D eigenvalue weighted by Gasteiger charge is -2.11. The molecule has 0 aliphatic heterocycles. The SMILES string of the molecule is COc1ccc(-n2c(C)c(C(=O)c3ccccc3)c3cc(OC(=O)c4ccccc4OC(C)=O)ccc32)cc1. The van der Waals surface area contributed by atoms with Crippen LogP contribution in [-0.4, -0.2) is 29.4 Å². The molecule has 0 unspecified atom stereocenters. The van der Waals surface area contributed by atoms with Crippen LogP contribution >= 0.6 is 0 Å². The summed E-state index contributed by atoms with van der Waals surface area (Å²) in [5.74, 6) is -0.299.